The summed E-state index contributed by atoms with van der Waals surface area (Å²) in [5, 5.41) is 5.23. The van der Waals surface area contributed by atoms with E-state index in [2.05, 4.69) is 10.6 Å². The number of carbonyl (C=O) groups excluding carboxylic acids is 4. The van der Waals surface area contributed by atoms with Crippen LogP contribution in [-0.2, 0) is 19.1 Å². The lowest BCUT2D eigenvalue weighted by Crippen LogP contribution is -2.45. The number of benzene rings is 1. The van der Waals surface area contributed by atoms with Gasteiger partial charge in [-0.25, -0.2) is 9.59 Å². The molecular formula is C20H28N2O6. The molecule has 154 valence electrons. The number of ether oxygens (including phenoxy) is 2. The predicted molar refractivity (Wildman–Crippen MR) is 103 cm³/mol. The summed E-state index contributed by atoms with van der Waals surface area (Å²) in [6.45, 7) is 7.13. The highest BCUT2D eigenvalue weighted by Crippen LogP contribution is 2.11. The number of carbonyl (C=O) groups is 4. The standard InChI is InChI=1S/C20H28N2O6/c1-11(2)15(19(25)27-5)21-17(23)13-8-7-9-14(10-13)18(24)22-16(12(3)4)20(26)28-6/h7-12,15-16H,1-6H3,(H,21,23)(H,22,24). The maximum absolute atomic E-state index is 12.5. The lowest BCUT2D eigenvalue weighted by Gasteiger charge is -2.21. The zero-order valence-electron chi connectivity index (χ0n) is 17.1. The molecule has 0 heterocycles. The molecule has 1 aromatic carbocycles. The lowest BCUT2D eigenvalue weighted by atomic mass is 10.0. The van der Waals surface area contributed by atoms with Gasteiger partial charge in [-0.2, -0.15) is 0 Å². The van der Waals surface area contributed by atoms with E-state index < -0.39 is 35.8 Å². The van der Waals surface area contributed by atoms with E-state index in [9.17, 15) is 19.2 Å². The van der Waals surface area contributed by atoms with Crippen LogP contribution in [0.2, 0.25) is 0 Å². The first kappa shape index (κ1) is 23.1. The third-order valence-electron chi connectivity index (χ3n) is 4.20. The van der Waals surface area contributed by atoms with E-state index in [1.807, 2.05) is 0 Å². The monoisotopic (exact) mass is 392 g/mol. The molecule has 0 bridgehead atoms. The number of hydrogen-bond donors (Lipinski definition) is 2. The van der Waals surface area contributed by atoms with Crippen molar-refractivity contribution in [2.75, 3.05) is 14.2 Å². The van der Waals surface area contributed by atoms with Gasteiger partial charge >= 0.3 is 11.9 Å². The summed E-state index contributed by atoms with van der Waals surface area (Å²) < 4.78 is 9.42. The number of hydrogen-bond acceptors (Lipinski definition) is 6. The highest BCUT2D eigenvalue weighted by molar-refractivity contribution is 6.01. The van der Waals surface area contributed by atoms with Crippen molar-refractivity contribution < 1.29 is 28.7 Å². The Kier molecular flexibility index (Phi) is 8.63. The Hall–Kier alpha value is -2.90. The molecule has 0 spiro atoms. The number of methoxy groups -OCH3 is 2. The highest BCUT2D eigenvalue weighted by atomic mass is 16.5. The molecule has 8 heteroatoms. The first-order valence-electron chi connectivity index (χ1n) is 8.99. The fourth-order valence-electron chi connectivity index (χ4n) is 2.50. The fraction of sp³-hybridized carbons (Fsp3) is 0.500. The van der Waals surface area contributed by atoms with Crippen molar-refractivity contribution >= 4 is 23.8 Å². The van der Waals surface area contributed by atoms with Crippen LogP contribution in [0.15, 0.2) is 24.3 Å². The zero-order chi connectivity index (χ0) is 21.4. The molecule has 2 unspecified atom stereocenters. The molecule has 0 saturated heterocycles. The van der Waals surface area contributed by atoms with Crippen molar-refractivity contribution in [1.82, 2.24) is 10.6 Å². The highest BCUT2D eigenvalue weighted by Gasteiger charge is 2.27. The van der Waals surface area contributed by atoms with Crippen molar-refractivity contribution in [1.29, 1.82) is 0 Å². The molecular weight excluding hydrogens is 364 g/mol. The quantitative estimate of drug-likeness (QED) is 0.649. The van der Waals surface area contributed by atoms with E-state index >= 15 is 0 Å². The SMILES string of the molecule is COC(=O)C(NC(=O)c1cccc(C(=O)NC(C(=O)OC)C(C)C)c1)C(C)C. The van der Waals surface area contributed by atoms with Crippen LogP contribution in [0.4, 0.5) is 0 Å². The predicted octanol–water partition coefficient (Wildman–Crippen LogP) is 1.54. The summed E-state index contributed by atoms with van der Waals surface area (Å²) in [7, 11) is 2.50. The molecule has 0 aliphatic carbocycles. The number of amides is 2. The van der Waals surface area contributed by atoms with Crippen molar-refractivity contribution in [2.24, 2.45) is 11.8 Å². The minimum Gasteiger partial charge on any atom is -0.467 e. The van der Waals surface area contributed by atoms with Crippen molar-refractivity contribution in [3.8, 4) is 0 Å². The van der Waals surface area contributed by atoms with Gasteiger partial charge in [-0.3, -0.25) is 9.59 Å². The summed E-state index contributed by atoms with van der Waals surface area (Å²) in [4.78, 5) is 48.7. The molecule has 1 aromatic rings. The van der Waals surface area contributed by atoms with E-state index in [1.165, 1.54) is 32.4 Å². The minimum atomic E-state index is -0.806. The molecule has 0 aliphatic rings. The summed E-state index contributed by atoms with van der Waals surface area (Å²) >= 11 is 0. The summed E-state index contributed by atoms with van der Waals surface area (Å²) in [6.07, 6.45) is 0. The van der Waals surface area contributed by atoms with Gasteiger partial charge in [-0.15, -0.1) is 0 Å². The van der Waals surface area contributed by atoms with Crippen molar-refractivity contribution in [2.45, 2.75) is 39.8 Å². The smallest absolute Gasteiger partial charge is 0.328 e. The topological polar surface area (TPSA) is 111 Å². The van der Waals surface area contributed by atoms with Crippen LogP contribution in [0.1, 0.15) is 48.4 Å². The van der Waals surface area contributed by atoms with Gasteiger partial charge in [0.2, 0.25) is 0 Å². The summed E-state index contributed by atoms with van der Waals surface area (Å²) in [6, 6.07) is 4.39. The molecule has 0 saturated carbocycles. The van der Waals surface area contributed by atoms with Gasteiger partial charge in [0, 0.05) is 11.1 Å². The molecule has 0 radical (unpaired) electrons. The minimum absolute atomic E-state index is 0.172. The van der Waals surface area contributed by atoms with E-state index in [4.69, 9.17) is 9.47 Å². The van der Waals surface area contributed by atoms with Crippen LogP contribution < -0.4 is 10.6 Å². The van der Waals surface area contributed by atoms with E-state index in [0.717, 1.165) is 0 Å². The number of rotatable bonds is 8. The third-order valence-corrected chi connectivity index (χ3v) is 4.20. The normalized spacial score (nSPS) is 12.9. The second-order valence-electron chi connectivity index (χ2n) is 7.02. The van der Waals surface area contributed by atoms with Crippen LogP contribution in [0.25, 0.3) is 0 Å². The van der Waals surface area contributed by atoms with Crippen molar-refractivity contribution in [3.05, 3.63) is 35.4 Å². The molecule has 2 N–H and O–H groups in total. The maximum atomic E-state index is 12.5. The van der Waals surface area contributed by atoms with Gasteiger partial charge in [-0.1, -0.05) is 33.8 Å². The summed E-state index contributed by atoms with van der Waals surface area (Å²) in [5.41, 5.74) is 0.419. The Balaban J connectivity index is 2.98. The van der Waals surface area contributed by atoms with Crippen LogP contribution in [-0.4, -0.2) is 50.1 Å². The largest absolute Gasteiger partial charge is 0.467 e. The first-order valence-corrected chi connectivity index (χ1v) is 8.99. The Morgan fingerprint density at radius 1 is 0.750 bits per heavy atom. The Bertz CT molecular complexity index is 672. The average molecular weight is 392 g/mol. The van der Waals surface area contributed by atoms with Crippen LogP contribution in [0.3, 0.4) is 0 Å². The Labute approximate surface area is 165 Å². The third kappa shape index (κ3) is 6.07. The van der Waals surface area contributed by atoms with Gasteiger partial charge in [-0.05, 0) is 30.0 Å². The second-order valence-corrected chi connectivity index (χ2v) is 7.02. The lowest BCUT2D eigenvalue weighted by molar-refractivity contribution is -0.144. The first-order chi connectivity index (χ1) is 13.1. The number of nitrogens with one attached hydrogen (secondary N) is 2. The van der Waals surface area contributed by atoms with E-state index in [1.54, 1.807) is 33.8 Å². The van der Waals surface area contributed by atoms with Gasteiger partial charge < -0.3 is 20.1 Å². The van der Waals surface area contributed by atoms with Gasteiger partial charge in [0.1, 0.15) is 12.1 Å². The Morgan fingerprint density at radius 2 is 1.11 bits per heavy atom. The van der Waals surface area contributed by atoms with Gasteiger partial charge in [0.15, 0.2) is 0 Å². The molecule has 28 heavy (non-hydrogen) atoms. The molecule has 0 aliphatic heterocycles. The fourth-order valence-corrected chi connectivity index (χ4v) is 2.50. The Morgan fingerprint density at radius 3 is 1.39 bits per heavy atom. The van der Waals surface area contributed by atoms with Crippen molar-refractivity contribution in [3.63, 3.8) is 0 Å². The van der Waals surface area contributed by atoms with E-state index in [0.29, 0.717) is 0 Å². The van der Waals surface area contributed by atoms with Gasteiger partial charge in [0.05, 0.1) is 14.2 Å². The number of esters is 2. The van der Waals surface area contributed by atoms with Crippen LogP contribution in [0.5, 0.6) is 0 Å². The van der Waals surface area contributed by atoms with Crippen LogP contribution >= 0.6 is 0 Å². The molecule has 1 rings (SSSR count). The van der Waals surface area contributed by atoms with E-state index in [-0.39, 0.29) is 23.0 Å². The van der Waals surface area contributed by atoms with Crippen LogP contribution in [0, 0.1) is 11.8 Å². The molecule has 2 atom stereocenters. The second kappa shape index (κ2) is 10.4. The molecule has 0 fully saturated rings. The zero-order valence-corrected chi connectivity index (χ0v) is 17.1. The summed E-state index contributed by atoms with van der Waals surface area (Å²) in [5.74, 6) is -2.45. The molecule has 0 aromatic heterocycles. The maximum Gasteiger partial charge on any atom is 0.328 e. The molecule has 8 nitrogen and oxygen atoms in total. The van der Waals surface area contributed by atoms with Gasteiger partial charge in [0.25, 0.3) is 11.8 Å². The average Bonchev–Trinajstić information content (AvgIpc) is 2.68. The molecule has 2 amide bonds.